The summed E-state index contributed by atoms with van der Waals surface area (Å²) in [6.45, 7) is 1.98. The molecule has 21 heavy (non-hydrogen) atoms. The number of hydrogen-bond acceptors (Lipinski definition) is 2. The maximum absolute atomic E-state index is 13.2. The Morgan fingerprint density at radius 2 is 1.86 bits per heavy atom. The van der Waals surface area contributed by atoms with E-state index >= 15 is 0 Å². The van der Waals surface area contributed by atoms with Gasteiger partial charge in [0.05, 0.1) is 16.4 Å². The Morgan fingerprint density at radius 1 is 1.24 bits per heavy atom. The summed E-state index contributed by atoms with van der Waals surface area (Å²) < 4.78 is 28.0. The number of aromatic nitrogens is 2. The van der Waals surface area contributed by atoms with Gasteiger partial charge in [-0.05, 0) is 30.5 Å². The first-order chi connectivity index (χ1) is 9.90. The lowest BCUT2D eigenvalue weighted by Crippen LogP contribution is -2.27. The van der Waals surface area contributed by atoms with E-state index in [4.69, 9.17) is 17.3 Å². The molecule has 3 nitrogen and oxygen atoms in total. The number of benzene rings is 1. The summed E-state index contributed by atoms with van der Waals surface area (Å²) in [4.78, 5) is 0. The van der Waals surface area contributed by atoms with Crippen molar-refractivity contribution in [2.24, 2.45) is 12.8 Å². The minimum absolute atomic E-state index is 0.288. The van der Waals surface area contributed by atoms with Gasteiger partial charge in [0.25, 0.3) is 0 Å². The van der Waals surface area contributed by atoms with Crippen LogP contribution >= 0.6 is 11.6 Å². The first kappa shape index (κ1) is 15.9. The maximum Gasteiger partial charge on any atom is 0.126 e. The molecule has 1 heterocycles. The predicted octanol–water partition coefficient (Wildman–Crippen LogP) is 3.03. The summed E-state index contributed by atoms with van der Waals surface area (Å²) in [5.41, 5.74) is 8.29. The average molecular weight is 314 g/mol. The fraction of sp³-hybridized carbons (Fsp3) is 0.400. The van der Waals surface area contributed by atoms with Crippen LogP contribution in [0.25, 0.3) is 0 Å². The summed E-state index contributed by atoms with van der Waals surface area (Å²) in [6, 6.07) is 3.15. The second-order valence-electron chi connectivity index (χ2n) is 5.13. The molecular formula is C15H18ClF2N3. The second-order valence-corrected chi connectivity index (χ2v) is 5.51. The van der Waals surface area contributed by atoms with E-state index in [1.807, 2.05) is 14.0 Å². The molecule has 114 valence electrons. The van der Waals surface area contributed by atoms with E-state index in [0.29, 0.717) is 23.4 Å². The summed E-state index contributed by atoms with van der Waals surface area (Å²) in [5, 5.41) is 4.95. The number of nitrogens with zero attached hydrogens (tertiary/aromatic N) is 2. The average Bonchev–Trinajstić information content (AvgIpc) is 2.64. The molecule has 0 aliphatic heterocycles. The first-order valence-corrected chi connectivity index (χ1v) is 7.19. The maximum atomic E-state index is 13.2. The molecule has 0 spiro atoms. The predicted molar refractivity (Wildman–Crippen MR) is 79.3 cm³/mol. The molecule has 0 amide bonds. The van der Waals surface area contributed by atoms with E-state index in [1.165, 1.54) is 12.1 Å². The van der Waals surface area contributed by atoms with Crippen molar-refractivity contribution < 1.29 is 8.78 Å². The fourth-order valence-corrected chi connectivity index (χ4v) is 2.76. The van der Waals surface area contributed by atoms with Crippen molar-refractivity contribution in [2.45, 2.75) is 32.2 Å². The molecule has 0 saturated heterocycles. The van der Waals surface area contributed by atoms with Crippen LogP contribution in [0, 0.1) is 11.6 Å². The molecule has 1 unspecified atom stereocenters. The van der Waals surface area contributed by atoms with Crippen LogP contribution in [-0.2, 0) is 26.3 Å². The Balaban J connectivity index is 2.11. The fourth-order valence-electron chi connectivity index (χ4n) is 2.39. The first-order valence-electron chi connectivity index (χ1n) is 6.81. The van der Waals surface area contributed by atoms with Crippen molar-refractivity contribution in [3.05, 3.63) is 51.8 Å². The normalized spacial score (nSPS) is 12.7. The molecule has 0 aliphatic carbocycles. The number of rotatable bonds is 5. The van der Waals surface area contributed by atoms with Crippen LogP contribution in [0.15, 0.2) is 18.2 Å². The molecule has 2 N–H and O–H groups in total. The lowest BCUT2D eigenvalue weighted by molar-refractivity contribution is 0.570. The highest BCUT2D eigenvalue weighted by Gasteiger charge is 2.16. The minimum Gasteiger partial charge on any atom is -0.327 e. The van der Waals surface area contributed by atoms with E-state index in [1.54, 1.807) is 4.68 Å². The number of hydrogen-bond donors (Lipinski definition) is 1. The number of aryl methyl sites for hydroxylation is 2. The Bertz CT molecular complexity index is 620. The molecule has 0 radical (unpaired) electrons. The van der Waals surface area contributed by atoms with Crippen LogP contribution in [-0.4, -0.2) is 15.8 Å². The molecule has 6 heteroatoms. The van der Waals surface area contributed by atoms with Gasteiger partial charge in [-0.15, -0.1) is 0 Å². The van der Waals surface area contributed by atoms with Crippen LogP contribution in [0.3, 0.4) is 0 Å². The molecule has 2 aromatic rings. The summed E-state index contributed by atoms with van der Waals surface area (Å²) in [7, 11) is 1.81. The van der Waals surface area contributed by atoms with Gasteiger partial charge in [-0.25, -0.2) is 8.78 Å². The number of halogens is 3. The van der Waals surface area contributed by atoms with Crippen molar-refractivity contribution in [2.75, 3.05) is 0 Å². The van der Waals surface area contributed by atoms with Gasteiger partial charge >= 0.3 is 0 Å². The van der Waals surface area contributed by atoms with Crippen LogP contribution in [0.1, 0.15) is 23.9 Å². The Kier molecular flexibility index (Phi) is 4.96. The Labute approximate surface area is 127 Å². The van der Waals surface area contributed by atoms with Crippen LogP contribution in [0.5, 0.6) is 0 Å². The summed E-state index contributed by atoms with van der Waals surface area (Å²) >= 11 is 6.27. The third-order valence-corrected chi connectivity index (χ3v) is 3.82. The van der Waals surface area contributed by atoms with E-state index in [-0.39, 0.29) is 6.04 Å². The van der Waals surface area contributed by atoms with Crippen molar-refractivity contribution >= 4 is 11.6 Å². The summed E-state index contributed by atoms with van der Waals surface area (Å²) in [5.74, 6) is -1.19. The zero-order valence-corrected chi connectivity index (χ0v) is 12.8. The van der Waals surface area contributed by atoms with Crippen molar-refractivity contribution in [1.29, 1.82) is 0 Å². The van der Waals surface area contributed by atoms with Crippen LogP contribution in [0.4, 0.5) is 8.78 Å². The quantitative estimate of drug-likeness (QED) is 0.922. The monoisotopic (exact) mass is 313 g/mol. The topological polar surface area (TPSA) is 43.8 Å². The van der Waals surface area contributed by atoms with E-state index in [9.17, 15) is 8.78 Å². The van der Waals surface area contributed by atoms with Gasteiger partial charge in [0.15, 0.2) is 0 Å². The third kappa shape index (κ3) is 3.80. The molecule has 2 rings (SSSR count). The SMILES string of the molecule is CCc1nn(C)c(CC(N)Cc2cc(F)cc(F)c2)c1Cl. The van der Waals surface area contributed by atoms with Crippen molar-refractivity contribution in [1.82, 2.24) is 9.78 Å². The third-order valence-electron chi connectivity index (χ3n) is 3.38. The standard InChI is InChI=1S/C15H18ClF2N3/c1-3-13-15(16)14(21(2)20-13)8-12(19)6-9-4-10(17)7-11(18)5-9/h4-5,7,12H,3,6,8,19H2,1-2H3. The van der Waals surface area contributed by atoms with E-state index < -0.39 is 11.6 Å². The largest absolute Gasteiger partial charge is 0.327 e. The molecular weight excluding hydrogens is 296 g/mol. The minimum atomic E-state index is -0.593. The highest BCUT2D eigenvalue weighted by Crippen LogP contribution is 2.22. The molecule has 1 atom stereocenters. The van der Waals surface area contributed by atoms with E-state index in [0.717, 1.165) is 23.9 Å². The van der Waals surface area contributed by atoms with Gasteiger partial charge in [0.1, 0.15) is 11.6 Å². The van der Waals surface area contributed by atoms with Gasteiger partial charge in [-0.2, -0.15) is 5.10 Å². The van der Waals surface area contributed by atoms with E-state index in [2.05, 4.69) is 5.10 Å². The highest BCUT2D eigenvalue weighted by atomic mass is 35.5. The molecule has 0 saturated carbocycles. The molecule has 0 aliphatic rings. The van der Waals surface area contributed by atoms with Gasteiger partial charge in [-0.3, -0.25) is 4.68 Å². The van der Waals surface area contributed by atoms with Crippen LogP contribution < -0.4 is 5.73 Å². The van der Waals surface area contributed by atoms with Crippen molar-refractivity contribution in [3.8, 4) is 0 Å². The Hall–Kier alpha value is -1.46. The molecule has 1 aromatic carbocycles. The van der Waals surface area contributed by atoms with Crippen molar-refractivity contribution in [3.63, 3.8) is 0 Å². The smallest absolute Gasteiger partial charge is 0.126 e. The van der Waals surface area contributed by atoms with Gasteiger partial charge in [-0.1, -0.05) is 18.5 Å². The summed E-state index contributed by atoms with van der Waals surface area (Å²) in [6.07, 6.45) is 1.62. The lowest BCUT2D eigenvalue weighted by Gasteiger charge is -2.12. The molecule has 0 fully saturated rings. The lowest BCUT2D eigenvalue weighted by atomic mass is 10.0. The van der Waals surface area contributed by atoms with Gasteiger partial charge in [0.2, 0.25) is 0 Å². The molecule has 1 aromatic heterocycles. The Morgan fingerprint density at radius 3 is 2.38 bits per heavy atom. The zero-order chi connectivity index (χ0) is 15.6. The number of nitrogens with two attached hydrogens (primary N) is 1. The second kappa shape index (κ2) is 6.54. The van der Waals surface area contributed by atoms with Crippen LogP contribution in [0.2, 0.25) is 5.02 Å². The van der Waals surface area contributed by atoms with Gasteiger partial charge < -0.3 is 5.73 Å². The van der Waals surface area contributed by atoms with Gasteiger partial charge in [0, 0.05) is 25.6 Å². The zero-order valence-electron chi connectivity index (χ0n) is 12.0. The molecule has 0 bridgehead atoms. The highest BCUT2D eigenvalue weighted by molar-refractivity contribution is 6.31.